The van der Waals surface area contributed by atoms with Crippen LogP contribution < -0.4 is 5.32 Å². The van der Waals surface area contributed by atoms with Crippen LogP contribution in [-0.4, -0.2) is 46.9 Å². The molecule has 3 unspecified atom stereocenters. The van der Waals surface area contributed by atoms with E-state index in [1.54, 1.807) is 0 Å². The Kier molecular flexibility index (Phi) is 47.2. The zero-order chi connectivity index (χ0) is 45.2. The molecule has 62 heavy (non-hydrogen) atoms. The van der Waals surface area contributed by atoms with Crippen LogP contribution in [0, 0.1) is 0 Å². The van der Waals surface area contributed by atoms with E-state index in [9.17, 15) is 19.8 Å². The first-order chi connectivity index (χ1) is 30.5. The second-order valence-electron chi connectivity index (χ2n) is 17.7. The average Bonchev–Trinajstić information content (AvgIpc) is 3.26. The Balaban J connectivity index is 4.65. The van der Waals surface area contributed by atoms with Crippen molar-refractivity contribution in [3.05, 3.63) is 72.9 Å². The van der Waals surface area contributed by atoms with Gasteiger partial charge in [0.15, 0.2) is 0 Å². The molecule has 0 aromatic carbocycles. The molecule has 0 aliphatic rings. The molecule has 0 spiro atoms. The Bertz CT molecular complexity index is 1150. The topological polar surface area (TPSA) is 95.9 Å². The highest BCUT2D eigenvalue weighted by Crippen LogP contribution is 2.17. The van der Waals surface area contributed by atoms with Gasteiger partial charge in [0.05, 0.1) is 25.2 Å². The number of aliphatic hydroxyl groups is 2. The van der Waals surface area contributed by atoms with Gasteiger partial charge < -0.3 is 20.3 Å². The van der Waals surface area contributed by atoms with Crippen LogP contribution in [0.5, 0.6) is 0 Å². The molecule has 6 nitrogen and oxygen atoms in total. The first kappa shape index (κ1) is 59.3. The average molecular weight is 866 g/mol. The summed E-state index contributed by atoms with van der Waals surface area (Å²) in [5.41, 5.74) is 0. The van der Waals surface area contributed by atoms with Crippen molar-refractivity contribution in [2.75, 3.05) is 6.61 Å². The van der Waals surface area contributed by atoms with Crippen LogP contribution in [0.15, 0.2) is 72.9 Å². The fourth-order valence-corrected chi connectivity index (χ4v) is 7.69. The van der Waals surface area contributed by atoms with Crippen molar-refractivity contribution in [1.29, 1.82) is 0 Å². The molecule has 1 amide bonds. The molecule has 3 N–H and O–H groups in total. The van der Waals surface area contributed by atoms with Crippen LogP contribution >= 0.6 is 0 Å². The molecule has 6 heteroatoms. The summed E-state index contributed by atoms with van der Waals surface area (Å²) in [5, 5.41) is 23.7. The van der Waals surface area contributed by atoms with Gasteiger partial charge in [-0.1, -0.05) is 241 Å². The maximum atomic E-state index is 13.2. The van der Waals surface area contributed by atoms with E-state index in [1.807, 2.05) is 48.6 Å². The molecule has 0 aliphatic carbocycles. The van der Waals surface area contributed by atoms with Crippen molar-refractivity contribution in [1.82, 2.24) is 5.32 Å². The van der Waals surface area contributed by atoms with Crippen molar-refractivity contribution < 1.29 is 24.5 Å². The summed E-state index contributed by atoms with van der Waals surface area (Å²) >= 11 is 0. The van der Waals surface area contributed by atoms with Crippen LogP contribution in [0.3, 0.4) is 0 Å². The number of nitrogens with one attached hydrogen (secondary N) is 1. The highest BCUT2D eigenvalue weighted by molar-refractivity contribution is 5.77. The zero-order valence-electron chi connectivity index (χ0n) is 40.7. The van der Waals surface area contributed by atoms with Gasteiger partial charge in [-0.15, -0.1) is 0 Å². The maximum absolute atomic E-state index is 13.2. The minimum Gasteiger partial charge on any atom is -0.462 e. The third-order valence-electron chi connectivity index (χ3n) is 11.6. The Labute approximate surface area is 383 Å². The summed E-state index contributed by atoms with van der Waals surface area (Å²) in [6.45, 7) is 6.32. The van der Waals surface area contributed by atoms with Gasteiger partial charge in [-0.3, -0.25) is 9.59 Å². The van der Waals surface area contributed by atoms with Crippen molar-refractivity contribution >= 4 is 11.9 Å². The van der Waals surface area contributed by atoms with Gasteiger partial charge >= 0.3 is 5.97 Å². The van der Waals surface area contributed by atoms with E-state index in [4.69, 9.17) is 4.74 Å². The lowest BCUT2D eigenvalue weighted by molar-refractivity contribution is -0.151. The van der Waals surface area contributed by atoms with E-state index in [-0.39, 0.29) is 24.9 Å². The van der Waals surface area contributed by atoms with Crippen molar-refractivity contribution in [3.63, 3.8) is 0 Å². The van der Waals surface area contributed by atoms with E-state index in [1.165, 1.54) is 135 Å². The molecule has 0 aliphatic heterocycles. The fourth-order valence-electron chi connectivity index (χ4n) is 7.69. The van der Waals surface area contributed by atoms with Crippen LogP contribution in [0.2, 0.25) is 0 Å². The number of hydrogen-bond donors (Lipinski definition) is 3. The third-order valence-corrected chi connectivity index (χ3v) is 11.6. The van der Waals surface area contributed by atoms with Gasteiger partial charge in [0.25, 0.3) is 0 Å². The number of amides is 1. The number of ether oxygens (including phenoxy) is 1. The normalized spacial score (nSPS) is 13.8. The number of esters is 1. The number of rotatable bonds is 46. The monoisotopic (exact) mass is 866 g/mol. The molecular formula is C56H99NO5. The lowest BCUT2D eigenvalue weighted by atomic mass is 10.0. The number of carbonyl (C=O) groups excluding carboxylic acids is 2. The van der Waals surface area contributed by atoms with Crippen molar-refractivity contribution in [3.8, 4) is 0 Å². The second kappa shape index (κ2) is 49.3. The molecule has 0 saturated heterocycles. The number of allylic oxidation sites excluding steroid dienone is 12. The second-order valence-corrected chi connectivity index (χ2v) is 17.7. The Hall–Kier alpha value is -2.70. The van der Waals surface area contributed by atoms with Gasteiger partial charge in [0, 0.05) is 6.42 Å². The number of hydrogen-bond acceptors (Lipinski definition) is 5. The smallest absolute Gasteiger partial charge is 0.306 e. The Morgan fingerprint density at radius 1 is 0.484 bits per heavy atom. The van der Waals surface area contributed by atoms with Gasteiger partial charge in [-0.25, -0.2) is 0 Å². The minimum absolute atomic E-state index is 0.0234. The van der Waals surface area contributed by atoms with Crippen molar-refractivity contribution in [2.24, 2.45) is 0 Å². The maximum Gasteiger partial charge on any atom is 0.306 e. The first-order valence-corrected chi connectivity index (χ1v) is 26.2. The fraction of sp³-hybridized carbons (Fsp3) is 0.750. The molecule has 0 aromatic rings. The molecule has 0 rings (SSSR count). The molecular weight excluding hydrogens is 767 g/mol. The van der Waals surface area contributed by atoms with Crippen LogP contribution in [0.25, 0.3) is 0 Å². The molecule has 0 aromatic heterocycles. The number of unbranched alkanes of at least 4 members (excludes halogenated alkanes) is 26. The molecule has 0 bridgehead atoms. The number of aliphatic hydroxyl groups excluding tert-OH is 2. The highest BCUT2D eigenvalue weighted by atomic mass is 16.5. The molecule has 358 valence electrons. The van der Waals surface area contributed by atoms with Crippen LogP contribution in [0.4, 0.5) is 0 Å². The lowest BCUT2D eigenvalue weighted by Crippen LogP contribution is -2.46. The summed E-state index contributed by atoms with van der Waals surface area (Å²) in [5.74, 6) is -0.556. The van der Waals surface area contributed by atoms with E-state index >= 15 is 0 Å². The van der Waals surface area contributed by atoms with Crippen LogP contribution in [-0.2, 0) is 14.3 Å². The third kappa shape index (κ3) is 43.9. The summed E-state index contributed by atoms with van der Waals surface area (Å²) in [7, 11) is 0. The van der Waals surface area contributed by atoms with Gasteiger partial charge in [-0.05, 0) is 64.2 Å². The predicted molar refractivity (Wildman–Crippen MR) is 268 cm³/mol. The van der Waals surface area contributed by atoms with E-state index in [2.05, 4.69) is 50.4 Å². The van der Waals surface area contributed by atoms with Crippen molar-refractivity contribution in [2.45, 2.75) is 264 Å². The first-order valence-electron chi connectivity index (χ1n) is 26.2. The van der Waals surface area contributed by atoms with E-state index in [0.717, 1.165) is 64.2 Å². The number of carbonyl (C=O) groups is 2. The minimum atomic E-state index is -0.810. The highest BCUT2D eigenvalue weighted by Gasteiger charge is 2.24. The Morgan fingerprint density at radius 2 is 0.903 bits per heavy atom. The summed E-state index contributed by atoms with van der Waals surface area (Å²) in [6.07, 6.45) is 62.6. The quantitative estimate of drug-likeness (QED) is 0.0245. The molecule has 0 fully saturated rings. The largest absolute Gasteiger partial charge is 0.462 e. The van der Waals surface area contributed by atoms with E-state index < -0.39 is 18.2 Å². The zero-order valence-corrected chi connectivity index (χ0v) is 40.7. The summed E-state index contributed by atoms with van der Waals surface area (Å²) in [4.78, 5) is 26.1. The predicted octanol–water partition coefficient (Wildman–Crippen LogP) is 15.8. The SMILES string of the molecule is CC/C=C/C=C/C=C\C=C/C=C/CCCC(CC(=O)NC(CO)C(O)CCCCCCCCCCCCCC)OC(=O)CCCCCCC/C=C/CCCCCCCCCCC. The van der Waals surface area contributed by atoms with Crippen LogP contribution in [0.1, 0.15) is 245 Å². The lowest BCUT2D eigenvalue weighted by Gasteiger charge is -2.24. The molecule has 0 radical (unpaired) electrons. The molecule has 3 atom stereocenters. The molecule has 0 saturated carbocycles. The van der Waals surface area contributed by atoms with E-state index in [0.29, 0.717) is 19.3 Å². The van der Waals surface area contributed by atoms with Gasteiger partial charge in [-0.2, -0.15) is 0 Å². The van der Waals surface area contributed by atoms with Gasteiger partial charge in [0.1, 0.15) is 6.10 Å². The molecule has 0 heterocycles. The van der Waals surface area contributed by atoms with Gasteiger partial charge in [0.2, 0.25) is 5.91 Å². The Morgan fingerprint density at radius 3 is 1.39 bits per heavy atom. The standard InChI is InChI=1S/C56H99NO5/c1-4-7-10-13-16-19-22-25-26-27-28-29-31-34-37-40-43-46-49-56(61)62-52(47-44-41-38-35-32-30-23-20-17-14-11-8-5-2)50-55(60)57-53(51-58)54(59)48-45-42-39-36-33-24-21-18-15-12-9-6-3/h8,11,14,17,20,23,28-30,32,35,38,52-54,58-59H,4-7,9-10,12-13,15-16,18-19,21-22,24-27,31,33-34,36-37,39-51H2,1-3H3,(H,57,60)/b11-8+,17-14+,23-20-,29-28+,32-30-,38-35+. The summed E-state index contributed by atoms with van der Waals surface area (Å²) < 4.78 is 5.89. The summed E-state index contributed by atoms with van der Waals surface area (Å²) in [6, 6.07) is -0.728.